The van der Waals surface area contributed by atoms with Crippen LogP contribution < -0.4 is 0 Å². The van der Waals surface area contributed by atoms with Gasteiger partial charge in [-0.25, -0.2) is 0 Å². The first kappa shape index (κ1) is 113. The zero-order chi connectivity index (χ0) is 94.3. The number of carbonyl (C=O) groups is 15. The van der Waals surface area contributed by atoms with E-state index in [0.29, 0.717) is 0 Å². The van der Waals surface area contributed by atoms with Crippen molar-refractivity contribution < 1.29 is 143 Å². The van der Waals surface area contributed by atoms with E-state index in [1.165, 1.54) is 138 Å². The Morgan fingerprint density at radius 3 is 0.264 bits per heavy atom. The molecule has 0 aliphatic heterocycles. The molecule has 0 aromatic heterocycles. The largest absolute Gasteiger partial charge is 0.466 e. The maximum absolute atomic E-state index is 15.6. The smallest absolute Gasteiger partial charge is 0.311 e. The Bertz CT molecular complexity index is 3280. The maximum atomic E-state index is 15.6. The predicted molar refractivity (Wildman–Crippen MR) is 447 cm³/mol. The van der Waals surface area contributed by atoms with Crippen molar-refractivity contribution in [1.29, 1.82) is 0 Å². The fraction of sp³-hybridized carbons (Fsp3) is 0.835. The molecular weight excluding hydrogens is 1570 g/mol. The standard InChI is InChI=1S/C91H154O30/c1-33-107-62(92)77(16,17)48-79(20,64(94)109-35-3)50-81(22,66(96)111-37-5)52-83(24,68(98)113-39-7)54-85(26,70(100)115-41-9)56-87(28,72(102)117-43-11)58-89(30,74(104)119-45-13)60-91(32,76(106)121-47-15)61-90(31,75(105)120-46-14)59-88(29,73(103)118-44-12)57-86(27,71(101)116-42-10)55-84(25,69(99)114-40-8)53-82(23,67(97)112-38-6)51-80(21,65(95)110-36-4)49-78(18,19)63(93)108-34-2/h33-61H2,1-32H3. The van der Waals surface area contributed by atoms with Crippen molar-refractivity contribution in [2.24, 2.45) is 81.2 Å². The molecule has 30 heteroatoms. The molecule has 0 fully saturated rings. The minimum atomic E-state index is -2.12. The average Bonchev–Trinajstić information content (AvgIpc) is 0.749. The summed E-state index contributed by atoms with van der Waals surface area (Å²) in [5.41, 5.74) is -28.4. The Morgan fingerprint density at radius 1 is 0.124 bits per heavy atom. The molecule has 30 nitrogen and oxygen atoms in total. The van der Waals surface area contributed by atoms with E-state index >= 15 is 43.2 Å². The monoisotopic (exact) mass is 1730 g/mol. The van der Waals surface area contributed by atoms with E-state index < -0.39 is 248 Å². The van der Waals surface area contributed by atoms with Gasteiger partial charge in [0, 0.05) is 0 Å². The molecule has 0 aromatic rings. The minimum Gasteiger partial charge on any atom is -0.466 e. The van der Waals surface area contributed by atoms with Crippen molar-refractivity contribution in [3.8, 4) is 0 Å². The third kappa shape index (κ3) is 30.5. The molecule has 0 radical (unpaired) electrons. The van der Waals surface area contributed by atoms with E-state index in [4.69, 9.17) is 71.1 Å². The fourth-order valence-electron chi connectivity index (χ4n) is 19.7. The lowest BCUT2D eigenvalue weighted by atomic mass is 9.55. The van der Waals surface area contributed by atoms with E-state index in [9.17, 15) is 28.8 Å². The van der Waals surface area contributed by atoms with Crippen molar-refractivity contribution in [2.45, 2.75) is 311 Å². The molecule has 0 spiro atoms. The second-order valence-electron chi connectivity index (χ2n) is 37.3. The highest BCUT2D eigenvalue weighted by atomic mass is 16.6. The number of rotatable bonds is 58. The van der Waals surface area contributed by atoms with Crippen molar-refractivity contribution in [2.75, 3.05) is 99.1 Å². The van der Waals surface area contributed by atoms with Gasteiger partial charge in [-0.3, -0.25) is 71.9 Å². The summed E-state index contributed by atoms with van der Waals surface area (Å²) < 4.78 is 86.8. The molecule has 0 saturated carbocycles. The van der Waals surface area contributed by atoms with Crippen LogP contribution in [0.2, 0.25) is 0 Å². The lowest BCUT2D eigenvalue weighted by Crippen LogP contribution is -2.52. The van der Waals surface area contributed by atoms with Crippen molar-refractivity contribution in [1.82, 2.24) is 0 Å². The van der Waals surface area contributed by atoms with E-state index in [-0.39, 0.29) is 112 Å². The lowest BCUT2D eigenvalue weighted by Gasteiger charge is -2.48. The van der Waals surface area contributed by atoms with Crippen LogP contribution in [0.3, 0.4) is 0 Å². The molecule has 12 unspecified atom stereocenters. The average molecular weight is 1730 g/mol. The number of hydrogen-bond acceptors (Lipinski definition) is 30. The molecule has 0 bridgehead atoms. The van der Waals surface area contributed by atoms with Crippen LogP contribution in [-0.2, 0) is 143 Å². The van der Waals surface area contributed by atoms with Crippen LogP contribution in [0.15, 0.2) is 0 Å². The number of esters is 15. The molecule has 0 heterocycles. The van der Waals surface area contributed by atoms with Crippen LogP contribution in [0.25, 0.3) is 0 Å². The first-order valence-corrected chi connectivity index (χ1v) is 43.2. The summed E-state index contributed by atoms with van der Waals surface area (Å²) in [5.74, 6) is -13.3. The molecule has 698 valence electrons. The van der Waals surface area contributed by atoms with Gasteiger partial charge in [0.2, 0.25) is 0 Å². The molecule has 0 aliphatic carbocycles. The highest BCUT2D eigenvalue weighted by molar-refractivity contribution is 5.90. The quantitative estimate of drug-likeness (QED) is 0.0403. The Labute approximate surface area is 721 Å². The SMILES string of the molecule is CCOC(=O)C(C)(C)CC(C)(CC(C)(CC(C)(CC(C)(CC(C)(CC(C)(CC(C)(CC(C)(CC(C)(CC(C)(CC(C)(CC(C)(CC(C)(CC(C)(C)C(=O)OCC)C(=O)OCC)C(=O)OCC)C(=O)OCC)C(=O)OCC)C(=O)OCC)C(=O)OCC)C(=O)OCC)C(=O)OCC)C(=O)OCC)C(=O)OCC)C(=O)OCC)C(=O)OCC)C(=O)OCC. The third-order valence-electron chi connectivity index (χ3n) is 22.7. The maximum Gasteiger partial charge on any atom is 0.311 e. The van der Waals surface area contributed by atoms with E-state index in [1.807, 2.05) is 0 Å². The van der Waals surface area contributed by atoms with Gasteiger partial charge in [0.1, 0.15) is 0 Å². The molecule has 121 heavy (non-hydrogen) atoms. The van der Waals surface area contributed by atoms with Crippen LogP contribution in [0.1, 0.15) is 311 Å². The summed E-state index contributed by atoms with van der Waals surface area (Å²) >= 11 is 0. The highest BCUT2D eigenvalue weighted by Gasteiger charge is 2.64. The highest BCUT2D eigenvalue weighted by Crippen LogP contribution is 2.60. The first-order chi connectivity index (χ1) is 55.6. The summed E-state index contributed by atoms with van der Waals surface area (Å²) in [6, 6.07) is 0. The summed E-state index contributed by atoms with van der Waals surface area (Å²) in [6.07, 6.45) is -7.35. The zero-order valence-corrected chi connectivity index (χ0v) is 79.8. The van der Waals surface area contributed by atoms with Gasteiger partial charge >= 0.3 is 89.5 Å². The number of ether oxygens (including phenoxy) is 15. The Balaban J connectivity index is 9.71. The molecule has 0 saturated heterocycles. The predicted octanol–water partition coefficient (Wildman–Crippen LogP) is 15.0. The molecule has 0 N–H and O–H groups in total. The molecule has 0 amide bonds. The van der Waals surface area contributed by atoms with Crippen LogP contribution in [0.4, 0.5) is 0 Å². The Kier molecular flexibility index (Phi) is 44.1. The zero-order valence-electron chi connectivity index (χ0n) is 79.8. The molecule has 0 aromatic carbocycles. The second-order valence-corrected chi connectivity index (χ2v) is 37.3. The Hall–Kier alpha value is -7.95. The van der Waals surface area contributed by atoms with Gasteiger partial charge in [0.15, 0.2) is 0 Å². The molecule has 0 aliphatic rings. The van der Waals surface area contributed by atoms with E-state index in [0.717, 1.165) is 0 Å². The van der Waals surface area contributed by atoms with Gasteiger partial charge < -0.3 is 71.1 Å². The molecule has 0 rings (SSSR count). The van der Waals surface area contributed by atoms with Crippen molar-refractivity contribution >= 4 is 89.5 Å². The van der Waals surface area contributed by atoms with E-state index in [1.54, 1.807) is 83.1 Å². The Morgan fingerprint density at radius 2 is 0.190 bits per heavy atom. The van der Waals surface area contributed by atoms with Crippen molar-refractivity contribution in [3.63, 3.8) is 0 Å². The van der Waals surface area contributed by atoms with Crippen LogP contribution in [-0.4, -0.2) is 189 Å². The van der Waals surface area contributed by atoms with Gasteiger partial charge in [-0.15, -0.1) is 0 Å². The number of hydrogen-bond donors (Lipinski definition) is 0. The van der Waals surface area contributed by atoms with Gasteiger partial charge in [-0.05, 0) is 311 Å². The molecule has 12 atom stereocenters. The third-order valence-corrected chi connectivity index (χ3v) is 22.7. The summed E-state index contributed by atoms with van der Waals surface area (Å²) in [6.45, 7) is 45.9. The van der Waals surface area contributed by atoms with Crippen LogP contribution >= 0.6 is 0 Å². The van der Waals surface area contributed by atoms with Gasteiger partial charge in [0.25, 0.3) is 0 Å². The lowest BCUT2D eigenvalue weighted by molar-refractivity contribution is -0.179. The topological polar surface area (TPSA) is 394 Å². The fourth-order valence-corrected chi connectivity index (χ4v) is 19.7. The summed E-state index contributed by atoms with van der Waals surface area (Å²) in [4.78, 5) is 225. The summed E-state index contributed by atoms with van der Waals surface area (Å²) in [7, 11) is 0. The van der Waals surface area contributed by atoms with E-state index in [2.05, 4.69) is 0 Å². The second kappa shape index (κ2) is 47.2. The van der Waals surface area contributed by atoms with Crippen LogP contribution in [0.5, 0.6) is 0 Å². The molecular formula is C91H154O30. The first-order valence-electron chi connectivity index (χ1n) is 43.2. The van der Waals surface area contributed by atoms with Crippen LogP contribution in [0, 0.1) is 81.2 Å². The normalized spacial score (nSPS) is 18.2. The van der Waals surface area contributed by atoms with Crippen molar-refractivity contribution in [3.05, 3.63) is 0 Å². The van der Waals surface area contributed by atoms with Gasteiger partial charge in [-0.1, -0.05) is 0 Å². The minimum absolute atomic E-state index is 0.0176. The summed E-state index contributed by atoms with van der Waals surface area (Å²) in [5, 5.41) is 0. The van der Waals surface area contributed by atoms with Gasteiger partial charge in [-0.2, -0.15) is 0 Å². The number of carbonyl (C=O) groups excluding carboxylic acids is 15. The van der Waals surface area contributed by atoms with Gasteiger partial charge in [0.05, 0.1) is 180 Å².